The minimum Gasteiger partial charge on any atom is -0.378 e. The quantitative estimate of drug-likeness (QED) is 0.324. The molecule has 1 N–H and O–H groups in total. The molecule has 2 saturated heterocycles. The van der Waals surface area contributed by atoms with Crippen molar-refractivity contribution in [3.63, 3.8) is 0 Å². The Kier molecular flexibility index (Phi) is 6.08. The Hall–Kier alpha value is -2.02. The zero-order valence-electron chi connectivity index (χ0n) is 18.8. The minimum absolute atomic E-state index is 0.186. The van der Waals surface area contributed by atoms with E-state index in [2.05, 4.69) is 43.0 Å². The Bertz CT molecular complexity index is 1160. The van der Waals surface area contributed by atoms with E-state index in [1.807, 2.05) is 12.3 Å². The van der Waals surface area contributed by atoms with Crippen LogP contribution < -0.4 is 10.2 Å². The van der Waals surface area contributed by atoms with Crippen molar-refractivity contribution >= 4 is 39.7 Å². The largest absolute Gasteiger partial charge is 0.378 e. The Labute approximate surface area is 210 Å². The number of hydrogen-bond donors (Lipinski definition) is 1. The van der Waals surface area contributed by atoms with Crippen LogP contribution in [-0.4, -0.2) is 54.1 Å². The summed E-state index contributed by atoms with van der Waals surface area (Å²) in [7, 11) is 0. The van der Waals surface area contributed by atoms with E-state index in [0.717, 1.165) is 72.6 Å². The molecule has 3 fully saturated rings. The molecular weight excluding hydrogens is 555 g/mol. The first-order valence-electron chi connectivity index (χ1n) is 12.0. The Morgan fingerprint density at radius 2 is 2.06 bits per heavy atom. The van der Waals surface area contributed by atoms with Gasteiger partial charge in [0.15, 0.2) is 11.3 Å². The predicted octanol–water partition coefficient (Wildman–Crippen LogP) is 4.62. The fourth-order valence-corrected chi connectivity index (χ4v) is 6.40. The van der Waals surface area contributed by atoms with Gasteiger partial charge in [0, 0.05) is 35.5 Å². The number of fused-ring (bicyclic) bond motifs is 3. The Morgan fingerprint density at radius 3 is 2.76 bits per heavy atom. The number of morpholine rings is 1. The summed E-state index contributed by atoms with van der Waals surface area (Å²) in [6.07, 6.45) is 8.33. The second-order valence-corrected chi connectivity index (χ2v) is 10.5. The summed E-state index contributed by atoms with van der Waals surface area (Å²) < 4.78 is 37.9. The highest BCUT2D eigenvalue weighted by atomic mass is 127. The van der Waals surface area contributed by atoms with Crippen LogP contribution >= 0.6 is 22.6 Å². The van der Waals surface area contributed by atoms with Crippen LogP contribution in [-0.2, 0) is 11.3 Å². The SMILES string of the molecule is FC(F)c1nn([C@H]2CC[C@H](CI)CC2)cc1NCc1cnn2ccc(N3C[C@H]4C[C@@H]3CO4)nc12. The van der Waals surface area contributed by atoms with Crippen molar-refractivity contribution in [2.45, 2.75) is 63.3 Å². The van der Waals surface area contributed by atoms with Gasteiger partial charge in [-0.1, -0.05) is 22.6 Å². The molecule has 3 aromatic heterocycles. The molecule has 5 heterocycles. The minimum atomic E-state index is -2.63. The molecule has 34 heavy (non-hydrogen) atoms. The highest BCUT2D eigenvalue weighted by molar-refractivity contribution is 14.1. The highest BCUT2D eigenvalue weighted by Crippen LogP contribution is 2.36. The number of halogens is 3. The van der Waals surface area contributed by atoms with Crippen LogP contribution in [0.2, 0.25) is 0 Å². The molecule has 0 amide bonds. The molecule has 0 unspecified atom stereocenters. The second kappa shape index (κ2) is 9.21. The van der Waals surface area contributed by atoms with Gasteiger partial charge in [0.25, 0.3) is 6.43 Å². The third-order valence-corrected chi connectivity index (χ3v) is 8.71. The lowest BCUT2D eigenvalue weighted by Crippen LogP contribution is -2.37. The molecule has 1 saturated carbocycles. The smallest absolute Gasteiger partial charge is 0.284 e. The van der Waals surface area contributed by atoms with Crippen molar-refractivity contribution in [2.24, 2.45) is 5.92 Å². The van der Waals surface area contributed by atoms with E-state index in [1.165, 1.54) is 0 Å². The average molecular weight is 583 g/mol. The van der Waals surface area contributed by atoms with Gasteiger partial charge in [-0.3, -0.25) is 4.68 Å². The van der Waals surface area contributed by atoms with Crippen LogP contribution in [0, 0.1) is 5.92 Å². The number of ether oxygens (including phenoxy) is 1. The molecule has 3 aromatic rings. The van der Waals surface area contributed by atoms with Crippen molar-refractivity contribution < 1.29 is 13.5 Å². The number of rotatable bonds is 7. The van der Waals surface area contributed by atoms with Crippen LogP contribution in [0.5, 0.6) is 0 Å². The maximum Gasteiger partial charge on any atom is 0.284 e. The third kappa shape index (κ3) is 4.14. The highest BCUT2D eigenvalue weighted by Gasteiger charge is 2.39. The molecule has 2 bridgehead atoms. The predicted molar refractivity (Wildman–Crippen MR) is 133 cm³/mol. The monoisotopic (exact) mass is 583 g/mol. The van der Waals surface area contributed by atoms with Gasteiger partial charge in [-0.25, -0.2) is 18.3 Å². The Balaban J connectivity index is 1.20. The second-order valence-electron chi connectivity index (χ2n) is 9.61. The van der Waals surface area contributed by atoms with Crippen molar-refractivity contribution in [3.05, 3.63) is 35.9 Å². The van der Waals surface area contributed by atoms with E-state index >= 15 is 0 Å². The van der Waals surface area contributed by atoms with Crippen LogP contribution in [0.1, 0.15) is 55.8 Å². The first-order chi connectivity index (χ1) is 16.6. The van der Waals surface area contributed by atoms with Gasteiger partial charge in [0.1, 0.15) is 5.82 Å². The number of nitrogens with zero attached hydrogens (tertiary/aromatic N) is 6. The van der Waals surface area contributed by atoms with Crippen molar-refractivity contribution in [1.29, 1.82) is 0 Å². The molecule has 11 heteroatoms. The molecule has 1 aliphatic carbocycles. The zero-order chi connectivity index (χ0) is 23.2. The van der Waals surface area contributed by atoms with Gasteiger partial charge in [-0.2, -0.15) is 10.2 Å². The summed E-state index contributed by atoms with van der Waals surface area (Å²) in [5.74, 6) is 1.64. The maximum absolute atomic E-state index is 13.8. The molecule has 0 radical (unpaired) electrons. The van der Waals surface area contributed by atoms with Crippen molar-refractivity contribution in [3.8, 4) is 0 Å². The van der Waals surface area contributed by atoms with Crippen molar-refractivity contribution in [2.75, 3.05) is 27.8 Å². The number of anilines is 2. The summed E-state index contributed by atoms with van der Waals surface area (Å²) in [6, 6.07) is 2.54. The normalized spacial score (nSPS) is 26.8. The van der Waals surface area contributed by atoms with E-state index in [0.29, 0.717) is 18.3 Å². The molecule has 2 aliphatic heterocycles. The standard InChI is InChI=1S/C23H28F2IN7O/c24-22(25)21-19(12-33(30-21)16-3-1-14(8-26)2-4-16)27-9-15-10-28-32-6-5-20(29-23(15)32)31-11-18-7-17(31)13-34-18/h5-6,10,12,14,16-18,22,27H,1-4,7-9,11,13H2/t14-,16-,17-,18-/m1/s1. The van der Waals surface area contributed by atoms with E-state index in [1.54, 1.807) is 21.6 Å². The topological polar surface area (TPSA) is 72.5 Å². The van der Waals surface area contributed by atoms with E-state index in [-0.39, 0.29) is 17.8 Å². The zero-order valence-corrected chi connectivity index (χ0v) is 20.9. The summed E-state index contributed by atoms with van der Waals surface area (Å²) in [5, 5.41) is 11.9. The molecule has 3 aliphatic rings. The van der Waals surface area contributed by atoms with Crippen LogP contribution in [0.3, 0.4) is 0 Å². The van der Waals surface area contributed by atoms with Gasteiger partial charge >= 0.3 is 0 Å². The lowest BCUT2D eigenvalue weighted by Gasteiger charge is -2.27. The lowest BCUT2D eigenvalue weighted by molar-refractivity contribution is 0.0989. The summed E-state index contributed by atoms with van der Waals surface area (Å²) in [5.41, 5.74) is 1.79. The van der Waals surface area contributed by atoms with Crippen LogP contribution in [0.25, 0.3) is 5.65 Å². The fourth-order valence-electron chi connectivity index (χ4n) is 5.52. The first-order valence-corrected chi connectivity index (χ1v) is 13.5. The molecule has 182 valence electrons. The fraction of sp³-hybridized carbons (Fsp3) is 0.609. The van der Waals surface area contributed by atoms with Gasteiger partial charge < -0.3 is 15.0 Å². The van der Waals surface area contributed by atoms with Crippen molar-refractivity contribution in [1.82, 2.24) is 24.4 Å². The summed E-state index contributed by atoms with van der Waals surface area (Å²) in [6.45, 7) is 1.94. The number of aromatic nitrogens is 5. The number of nitrogens with one attached hydrogen (secondary N) is 1. The molecule has 8 nitrogen and oxygen atoms in total. The van der Waals surface area contributed by atoms with Crippen LogP contribution in [0.15, 0.2) is 24.7 Å². The molecule has 6 rings (SSSR count). The van der Waals surface area contributed by atoms with E-state index in [4.69, 9.17) is 9.72 Å². The Morgan fingerprint density at radius 1 is 1.21 bits per heavy atom. The number of hydrogen-bond acceptors (Lipinski definition) is 6. The molecular formula is C23H28F2IN7O. The molecule has 0 aromatic carbocycles. The third-order valence-electron chi connectivity index (χ3n) is 7.47. The van der Waals surface area contributed by atoms with Crippen LogP contribution in [0.4, 0.5) is 20.3 Å². The van der Waals surface area contributed by atoms with Gasteiger partial charge in [-0.15, -0.1) is 0 Å². The molecule has 2 atom stereocenters. The number of alkyl halides is 3. The molecule has 0 spiro atoms. The summed E-state index contributed by atoms with van der Waals surface area (Å²) >= 11 is 2.43. The maximum atomic E-state index is 13.8. The first kappa shape index (κ1) is 22.4. The van der Waals surface area contributed by atoms with E-state index in [9.17, 15) is 8.78 Å². The van der Waals surface area contributed by atoms with E-state index < -0.39 is 6.43 Å². The lowest BCUT2D eigenvalue weighted by atomic mass is 9.87. The van der Waals surface area contributed by atoms with Gasteiger partial charge in [0.2, 0.25) is 0 Å². The summed E-state index contributed by atoms with van der Waals surface area (Å²) in [4.78, 5) is 7.16. The van der Waals surface area contributed by atoms with Gasteiger partial charge in [-0.05, 0) is 44.1 Å². The average Bonchev–Trinajstić information content (AvgIpc) is 3.65. The van der Waals surface area contributed by atoms with Gasteiger partial charge in [0.05, 0.1) is 36.7 Å².